The second-order valence-electron chi connectivity index (χ2n) is 4.70. The number of nitrogens with zero attached hydrogens (tertiary/aromatic N) is 1. The predicted octanol–water partition coefficient (Wildman–Crippen LogP) is 2.23. The number of hydrogen-bond donors (Lipinski definition) is 3. The van der Waals surface area contributed by atoms with Crippen molar-refractivity contribution < 1.29 is 4.79 Å². The van der Waals surface area contributed by atoms with Gasteiger partial charge in [-0.25, -0.2) is 0 Å². The molecule has 0 heterocycles. The van der Waals surface area contributed by atoms with Gasteiger partial charge in [-0.2, -0.15) is 0 Å². The summed E-state index contributed by atoms with van der Waals surface area (Å²) in [6.07, 6.45) is 0. The van der Waals surface area contributed by atoms with Crippen molar-refractivity contribution in [3.63, 3.8) is 0 Å². The van der Waals surface area contributed by atoms with Crippen molar-refractivity contribution in [3.05, 3.63) is 65.7 Å². The number of amides is 1. The lowest BCUT2D eigenvalue weighted by Gasteiger charge is -2.10. The van der Waals surface area contributed by atoms with Crippen molar-refractivity contribution in [2.24, 2.45) is 4.99 Å². The molecule has 0 bridgehead atoms. The maximum atomic E-state index is 12.2. The number of rotatable bonds is 4. The summed E-state index contributed by atoms with van der Waals surface area (Å²) in [5.74, 6) is 0.588. The largest absolute Gasteiger partial charge is 0.359 e. The fourth-order valence-corrected chi connectivity index (χ4v) is 2.01. The summed E-state index contributed by atoms with van der Waals surface area (Å²) in [5, 5.41) is 8.99. The summed E-state index contributed by atoms with van der Waals surface area (Å²) in [5.41, 5.74) is 2.42. The molecule has 3 N–H and O–H groups in total. The minimum Gasteiger partial charge on any atom is -0.359 e. The van der Waals surface area contributed by atoms with Crippen LogP contribution < -0.4 is 16.0 Å². The summed E-state index contributed by atoms with van der Waals surface area (Å²) < 4.78 is 0. The molecule has 2 aromatic rings. The lowest BCUT2D eigenvalue weighted by molar-refractivity contribution is 0.102. The molecule has 0 saturated carbocycles. The zero-order chi connectivity index (χ0) is 15.8. The molecule has 0 saturated heterocycles. The van der Waals surface area contributed by atoms with E-state index in [1.807, 2.05) is 48.5 Å². The van der Waals surface area contributed by atoms with Crippen LogP contribution in [0, 0.1) is 0 Å². The van der Waals surface area contributed by atoms with Gasteiger partial charge in [0.25, 0.3) is 5.91 Å². The predicted molar refractivity (Wildman–Crippen MR) is 90.1 cm³/mol. The Balaban J connectivity index is 2.03. The molecule has 0 aromatic heterocycles. The van der Waals surface area contributed by atoms with E-state index in [1.165, 1.54) is 0 Å². The van der Waals surface area contributed by atoms with Gasteiger partial charge in [0.2, 0.25) is 0 Å². The maximum absolute atomic E-state index is 12.2. The zero-order valence-electron chi connectivity index (χ0n) is 12.8. The number of hydrogen-bond acceptors (Lipinski definition) is 2. The average molecular weight is 296 g/mol. The van der Waals surface area contributed by atoms with E-state index in [0.717, 1.165) is 11.3 Å². The fourth-order valence-electron chi connectivity index (χ4n) is 2.01. The van der Waals surface area contributed by atoms with E-state index in [1.54, 1.807) is 20.2 Å². The van der Waals surface area contributed by atoms with Crippen LogP contribution in [-0.4, -0.2) is 26.0 Å². The third-order valence-electron chi connectivity index (χ3n) is 3.14. The van der Waals surface area contributed by atoms with E-state index in [2.05, 4.69) is 20.9 Å². The first-order valence-electron chi connectivity index (χ1n) is 7.06. The summed E-state index contributed by atoms with van der Waals surface area (Å²) >= 11 is 0. The molecule has 0 aliphatic heterocycles. The van der Waals surface area contributed by atoms with Crippen LogP contribution in [0.25, 0.3) is 0 Å². The fraction of sp³-hybridized carbons (Fsp3) is 0.176. The molecule has 0 atom stereocenters. The number of para-hydroxylation sites is 1. The minimum absolute atomic E-state index is 0.119. The Morgan fingerprint density at radius 1 is 1.09 bits per heavy atom. The molecule has 114 valence electrons. The Bertz CT molecular complexity index is 653. The molecule has 0 radical (unpaired) electrons. The molecular weight excluding hydrogens is 276 g/mol. The SMILES string of the molecule is CN=C(NC)NCc1cccc(C(=O)Nc2ccccc2)c1. The van der Waals surface area contributed by atoms with Crippen LogP contribution in [0.2, 0.25) is 0 Å². The molecule has 0 aliphatic rings. The van der Waals surface area contributed by atoms with Gasteiger partial charge in [0.15, 0.2) is 5.96 Å². The van der Waals surface area contributed by atoms with Crippen LogP contribution >= 0.6 is 0 Å². The van der Waals surface area contributed by atoms with E-state index in [4.69, 9.17) is 0 Å². The second-order valence-corrected chi connectivity index (χ2v) is 4.70. The highest BCUT2D eigenvalue weighted by molar-refractivity contribution is 6.04. The van der Waals surface area contributed by atoms with Gasteiger partial charge in [-0.05, 0) is 29.8 Å². The minimum atomic E-state index is -0.119. The monoisotopic (exact) mass is 296 g/mol. The van der Waals surface area contributed by atoms with Gasteiger partial charge in [0.1, 0.15) is 0 Å². The van der Waals surface area contributed by atoms with Gasteiger partial charge in [-0.15, -0.1) is 0 Å². The molecule has 2 aromatic carbocycles. The molecule has 5 heteroatoms. The van der Waals surface area contributed by atoms with E-state index < -0.39 is 0 Å². The van der Waals surface area contributed by atoms with Crippen molar-refractivity contribution in [2.75, 3.05) is 19.4 Å². The summed E-state index contributed by atoms with van der Waals surface area (Å²) in [7, 11) is 3.52. The van der Waals surface area contributed by atoms with Crippen LogP contribution in [0.4, 0.5) is 5.69 Å². The van der Waals surface area contributed by atoms with Crippen LogP contribution in [-0.2, 0) is 6.54 Å². The standard InChI is InChI=1S/C17H20N4O/c1-18-17(19-2)20-12-13-7-6-8-14(11-13)16(22)21-15-9-4-3-5-10-15/h3-11H,12H2,1-2H3,(H,21,22)(H2,18,19,20). The molecule has 1 amide bonds. The number of anilines is 1. The number of carbonyl (C=O) groups is 1. The lowest BCUT2D eigenvalue weighted by atomic mass is 10.1. The average Bonchev–Trinajstić information content (AvgIpc) is 2.57. The van der Waals surface area contributed by atoms with E-state index in [0.29, 0.717) is 18.1 Å². The highest BCUT2D eigenvalue weighted by Gasteiger charge is 2.06. The Kier molecular flexibility index (Phi) is 5.54. The first kappa shape index (κ1) is 15.6. The third kappa shape index (κ3) is 4.34. The van der Waals surface area contributed by atoms with Crippen LogP contribution in [0.5, 0.6) is 0 Å². The third-order valence-corrected chi connectivity index (χ3v) is 3.14. The van der Waals surface area contributed by atoms with Crippen LogP contribution in [0.15, 0.2) is 59.6 Å². The van der Waals surface area contributed by atoms with E-state index in [9.17, 15) is 4.79 Å². The Labute approximate surface area is 130 Å². The van der Waals surface area contributed by atoms with Gasteiger partial charge in [0, 0.05) is 31.9 Å². The van der Waals surface area contributed by atoms with Gasteiger partial charge in [-0.1, -0.05) is 30.3 Å². The molecular formula is C17H20N4O. The van der Waals surface area contributed by atoms with Gasteiger partial charge >= 0.3 is 0 Å². The topological polar surface area (TPSA) is 65.5 Å². The van der Waals surface area contributed by atoms with E-state index >= 15 is 0 Å². The van der Waals surface area contributed by atoms with Crippen molar-refractivity contribution in [1.29, 1.82) is 0 Å². The maximum Gasteiger partial charge on any atom is 0.255 e. The van der Waals surface area contributed by atoms with Gasteiger partial charge < -0.3 is 16.0 Å². The Morgan fingerprint density at radius 2 is 1.86 bits per heavy atom. The summed E-state index contributed by atoms with van der Waals surface area (Å²) in [6, 6.07) is 16.9. The normalized spacial score (nSPS) is 10.9. The summed E-state index contributed by atoms with van der Waals surface area (Å²) in [4.78, 5) is 16.3. The van der Waals surface area contributed by atoms with E-state index in [-0.39, 0.29) is 5.91 Å². The number of nitrogens with one attached hydrogen (secondary N) is 3. The highest BCUT2D eigenvalue weighted by atomic mass is 16.1. The molecule has 0 aliphatic carbocycles. The molecule has 0 spiro atoms. The van der Waals surface area contributed by atoms with Crippen molar-refractivity contribution >= 4 is 17.6 Å². The Morgan fingerprint density at radius 3 is 2.55 bits per heavy atom. The second kappa shape index (κ2) is 7.83. The number of benzene rings is 2. The number of carbonyl (C=O) groups excluding carboxylic acids is 1. The lowest BCUT2D eigenvalue weighted by Crippen LogP contribution is -2.34. The first-order chi connectivity index (χ1) is 10.7. The van der Waals surface area contributed by atoms with Gasteiger partial charge in [-0.3, -0.25) is 9.79 Å². The molecule has 0 fully saturated rings. The zero-order valence-corrected chi connectivity index (χ0v) is 12.8. The van der Waals surface area contributed by atoms with Crippen molar-refractivity contribution in [3.8, 4) is 0 Å². The highest BCUT2D eigenvalue weighted by Crippen LogP contribution is 2.10. The van der Waals surface area contributed by atoms with Crippen LogP contribution in [0.1, 0.15) is 15.9 Å². The Hall–Kier alpha value is -2.82. The smallest absolute Gasteiger partial charge is 0.255 e. The first-order valence-corrected chi connectivity index (χ1v) is 7.06. The molecule has 2 rings (SSSR count). The van der Waals surface area contributed by atoms with Crippen LogP contribution in [0.3, 0.4) is 0 Å². The molecule has 5 nitrogen and oxygen atoms in total. The quantitative estimate of drug-likeness (QED) is 0.599. The van der Waals surface area contributed by atoms with Crippen molar-refractivity contribution in [2.45, 2.75) is 6.54 Å². The summed E-state index contributed by atoms with van der Waals surface area (Å²) in [6.45, 7) is 0.597. The number of aliphatic imine (C=N–C) groups is 1. The number of guanidine groups is 1. The molecule has 22 heavy (non-hydrogen) atoms. The van der Waals surface area contributed by atoms with Gasteiger partial charge in [0.05, 0.1) is 0 Å². The van der Waals surface area contributed by atoms with Crippen molar-refractivity contribution in [1.82, 2.24) is 10.6 Å². The molecule has 0 unspecified atom stereocenters.